The van der Waals surface area contributed by atoms with Crippen LogP contribution in [0, 0.1) is 12.7 Å². The number of thiazole rings is 1. The van der Waals surface area contributed by atoms with E-state index < -0.39 is 6.03 Å². The first kappa shape index (κ1) is 19.6. The van der Waals surface area contributed by atoms with Gasteiger partial charge in [-0.25, -0.2) is 14.2 Å². The summed E-state index contributed by atoms with van der Waals surface area (Å²) >= 11 is 1.47. The number of aromatic nitrogens is 1. The summed E-state index contributed by atoms with van der Waals surface area (Å²) < 4.78 is 13.2. The second kappa shape index (κ2) is 9.14. The Balaban J connectivity index is 1.75. The van der Waals surface area contributed by atoms with Crippen molar-refractivity contribution in [2.45, 2.75) is 32.7 Å². The number of rotatable bonds is 6. The van der Waals surface area contributed by atoms with E-state index in [9.17, 15) is 9.18 Å². The van der Waals surface area contributed by atoms with Gasteiger partial charge < -0.3 is 16.8 Å². The number of carbonyl (C=O) groups excluding carboxylic acids is 1. The van der Waals surface area contributed by atoms with Crippen LogP contribution in [-0.4, -0.2) is 23.5 Å². The lowest BCUT2D eigenvalue weighted by Crippen LogP contribution is -2.44. The molecule has 7 nitrogen and oxygen atoms in total. The van der Waals surface area contributed by atoms with Crippen LogP contribution in [0.2, 0.25) is 0 Å². The van der Waals surface area contributed by atoms with Crippen LogP contribution in [0.5, 0.6) is 0 Å². The lowest BCUT2D eigenvalue weighted by Gasteiger charge is -2.14. The third-order valence-corrected chi connectivity index (χ3v) is 4.74. The van der Waals surface area contributed by atoms with Gasteiger partial charge in [0.25, 0.3) is 0 Å². The van der Waals surface area contributed by atoms with Gasteiger partial charge in [-0.15, -0.1) is 11.3 Å². The highest BCUT2D eigenvalue weighted by atomic mass is 32.1. The number of nitrogens with zero attached hydrogens (tertiary/aromatic N) is 2. The first-order valence-corrected chi connectivity index (χ1v) is 9.01. The van der Waals surface area contributed by atoms with Gasteiger partial charge in [0.15, 0.2) is 11.1 Å². The third-order valence-electron chi connectivity index (χ3n) is 3.69. The van der Waals surface area contributed by atoms with Gasteiger partial charge in [-0.1, -0.05) is 12.1 Å². The van der Waals surface area contributed by atoms with Crippen LogP contribution in [-0.2, 0) is 6.42 Å². The summed E-state index contributed by atoms with van der Waals surface area (Å²) in [5.74, 6) is -0.315. The minimum Gasteiger partial charge on any atom is -0.375 e. The molecule has 0 bridgehead atoms. The molecule has 9 heteroatoms. The zero-order chi connectivity index (χ0) is 19.1. The van der Waals surface area contributed by atoms with Gasteiger partial charge in [-0.05, 0) is 44.4 Å². The van der Waals surface area contributed by atoms with Crippen molar-refractivity contribution in [3.8, 4) is 0 Å². The molecule has 0 fully saturated rings. The molecule has 1 heterocycles. The van der Waals surface area contributed by atoms with Crippen LogP contribution >= 0.6 is 11.3 Å². The Kier molecular flexibility index (Phi) is 6.90. The maximum Gasteiger partial charge on any atom is 0.322 e. The number of aliphatic imine (C=N–C) groups is 1. The second-order valence-corrected chi connectivity index (χ2v) is 6.92. The van der Waals surface area contributed by atoms with Crippen LogP contribution in [0.4, 0.5) is 14.3 Å². The van der Waals surface area contributed by atoms with Crippen molar-refractivity contribution in [2.75, 3.05) is 12.3 Å². The lowest BCUT2D eigenvalue weighted by atomic mass is 10.1. The smallest absolute Gasteiger partial charge is 0.322 e. The van der Waals surface area contributed by atoms with Gasteiger partial charge in [0, 0.05) is 11.4 Å². The summed E-state index contributed by atoms with van der Waals surface area (Å²) in [5.41, 5.74) is 13.0. The Hall–Kier alpha value is -2.68. The lowest BCUT2D eigenvalue weighted by molar-refractivity contribution is 0.242. The van der Waals surface area contributed by atoms with E-state index >= 15 is 0 Å². The fraction of sp³-hybridized carbons (Fsp3) is 0.353. The highest BCUT2D eigenvalue weighted by molar-refractivity contribution is 7.15. The molecular weight excluding hydrogens is 355 g/mol. The maximum absolute atomic E-state index is 13.2. The zero-order valence-corrected chi connectivity index (χ0v) is 15.6. The summed E-state index contributed by atoms with van der Waals surface area (Å²) in [7, 11) is 0. The number of hydrogen-bond donors (Lipinski definition) is 4. The number of benzene rings is 1. The normalized spacial score (nSPS) is 12.7. The minimum absolute atomic E-state index is 0.0366. The van der Waals surface area contributed by atoms with Crippen molar-refractivity contribution in [2.24, 2.45) is 10.7 Å². The Labute approximate surface area is 155 Å². The van der Waals surface area contributed by atoms with Crippen molar-refractivity contribution in [3.05, 3.63) is 46.2 Å². The van der Waals surface area contributed by atoms with E-state index in [2.05, 4.69) is 20.6 Å². The number of anilines is 1. The van der Waals surface area contributed by atoms with Gasteiger partial charge >= 0.3 is 6.03 Å². The number of amides is 2. The average molecular weight is 378 g/mol. The van der Waals surface area contributed by atoms with E-state index in [1.54, 1.807) is 19.1 Å². The number of aryl methyl sites for hydroxylation is 2. The molecule has 0 radical (unpaired) electrons. The van der Waals surface area contributed by atoms with Gasteiger partial charge in [0.05, 0.1) is 11.7 Å². The average Bonchev–Trinajstić information content (AvgIpc) is 2.89. The number of halogens is 1. The molecule has 140 valence electrons. The summed E-state index contributed by atoms with van der Waals surface area (Å²) in [5, 5.41) is 5.71. The fourth-order valence-electron chi connectivity index (χ4n) is 2.37. The fourth-order valence-corrected chi connectivity index (χ4v) is 3.24. The van der Waals surface area contributed by atoms with Crippen LogP contribution in [0.15, 0.2) is 29.3 Å². The Bertz CT molecular complexity index is 791. The molecule has 26 heavy (non-hydrogen) atoms. The first-order valence-electron chi connectivity index (χ1n) is 8.20. The summed E-state index contributed by atoms with van der Waals surface area (Å²) in [6, 6.07) is 5.20. The van der Waals surface area contributed by atoms with Gasteiger partial charge in [-0.3, -0.25) is 10.3 Å². The Morgan fingerprint density at radius 1 is 1.46 bits per heavy atom. The molecule has 2 aromatic rings. The predicted molar refractivity (Wildman–Crippen MR) is 103 cm³/mol. The number of nitrogen functional groups attached to an aromatic ring is 1. The van der Waals surface area contributed by atoms with E-state index in [4.69, 9.17) is 11.5 Å². The molecule has 1 aromatic carbocycles. The predicted octanol–water partition coefficient (Wildman–Crippen LogP) is 2.48. The number of nitrogens with one attached hydrogen (secondary N) is 2. The van der Waals surface area contributed by atoms with Crippen molar-refractivity contribution < 1.29 is 9.18 Å². The number of hydrogen-bond acceptors (Lipinski definition) is 5. The third kappa shape index (κ3) is 5.99. The molecule has 0 saturated carbocycles. The Morgan fingerprint density at radius 3 is 2.88 bits per heavy atom. The van der Waals surface area contributed by atoms with Crippen molar-refractivity contribution in [1.82, 2.24) is 15.6 Å². The number of urea groups is 1. The van der Waals surface area contributed by atoms with Crippen molar-refractivity contribution in [1.29, 1.82) is 0 Å². The molecule has 0 aliphatic heterocycles. The maximum atomic E-state index is 13.2. The van der Waals surface area contributed by atoms with Crippen LogP contribution in [0.1, 0.15) is 35.5 Å². The first-order chi connectivity index (χ1) is 12.3. The molecule has 0 aliphatic rings. The number of carbonyl (C=O) groups is 1. The SMILES string of the molecule is Cc1nc(N)sc1CCCN=C(N)NC(=O)NC(C)c1cccc(F)c1. The quantitative estimate of drug-likeness (QED) is 0.351. The standard InChI is InChI=1S/C17H23FN6OS/c1-10(12-5-3-6-13(18)9-12)23-17(25)24-15(19)21-8-4-7-14-11(2)22-16(20)26-14/h3,5-6,9-10H,4,7-8H2,1-2H3,(H2,20,22)(H4,19,21,23,24,25). The topological polar surface area (TPSA) is 118 Å². The molecule has 1 atom stereocenters. The van der Waals surface area contributed by atoms with E-state index in [0.29, 0.717) is 17.2 Å². The molecule has 0 spiro atoms. The molecule has 1 unspecified atom stereocenters. The second-order valence-electron chi connectivity index (χ2n) is 5.81. The monoisotopic (exact) mass is 378 g/mol. The summed E-state index contributed by atoms with van der Waals surface area (Å²) in [4.78, 5) is 21.4. The van der Waals surface area contributed by atoms with Crippen molar-refractivity contribution >= 4 is 28.5 Å². The van der Waals surface area contributed by atoms with E-state index in [1.165, 1.54) is 23.5 Å². The molecule has 2 amide bonds. The molecule has 6 N–H and O–H groups in total. The largest absolute Gasteiger partial charge is 0.375 e. The number of nitrogens with two attached hydrogens (primary N) is 2. The highest BCUT2D eigenvalue weighted by Crippen LogP contribution is 2.20. The molecule has 0 saturated heterocycles. The molecule has 1 aromatic heterocycles. The van der Waals surface area contributed by atoms with Gasteiger partial charge in [0.2, 0.25) is 0 Å². The Morgan fingerprint density at radius 2 is 2.23 bits per heavy atom. The molecule has 0 aliphatic carbocycles. The van der Waals surface area contributed by atoms with E-state index in [-0.39, 0.29) is 17.8 Å². The summed E-state index contributed by atoms with van der Waals surface area (Å²) in [6.45, 7) is 4.15. The van der Waals surface area contributed by atoms with Gasteiger partial charge in [0.1, 0.15) is 5.82 Å². The van der Waals surface area contributed by atoms with E-state index in [1.807, 2.05) is 6.92 Å². The van der Waals surface area contributed by atoms with Crippen LogP contribution < -0.4 is 22.1 Å². The zero-order valence-electron chi connectivity index (χ0n) is 14.8. The summed E-state index contributed by atoms with van der Waals surface area (Å²) in [6.07, 6.45) is 1.58. The van der Waals surface area contributed by atoms with Crippen molar-refractivity contribution in [3.63, 3.8) is 0 Å². The molecular formula is C17H23FN6OS. The minimum atomic E-state index is -0.492. The van der Waals surface area contributed by atoms with Crippen LogP contribution in [0.3, 0.4) is 0 Å². The number of guanidine groups is 1. The highest BCUT2D eigenvalue weighted by Gasteiger charge is 2.10. The molecule has 2 rings (SSSR count). The van der Waals surface area contributed by atoms with E-state index in [0.717, 1.165) is 23.4 Å². The van der Waals surface area contributed by atoms with Crippen LogP contribution in [0.25, 0.3) is 0 Å². The van der Waals surface area contributed by atoms with Gasteiger partial charge in [-0.2, -0.15) is 0 Å².